The van der Waals surface area contributed by atoms with Gasteiger partial charge in [-0.15, -0.1) is 0 Å². The van der Waals surface area contributed by atoms with Crippen molar-refractivity contribution in [1.82, 2.24) is 35.1 Å². The second-order valence-electron chi connectivity index (χ2n) is 9.96. The van der Waals surface area contributed by atoms with Gasteiger partial charge in [-0.3, -0.25) is 19.5 Å². The van der Waals surface area contributed by atoms with Crippen LogP contribution in [-0.4, -0.2) is 95.4 Å². The average Bonchev–Trinajstić information content (AvgIpc) is 3.41. The maximum Gasteiger partial charge on any atom is 0.252 e. The van der Waals surface area contributed by atoms with E-state index in [0.29, 0.717) is 24.1 Å². The Morgan fingerprint density at radius 3 is 2.71 bits per heavy atom. The van der Waals surface area contributed by atoms with E-state index in [1.807, 2.05) is 13.8 Å². The minimum Gasteiger partial charge on any atom is -0.496 e. The van der Waals surface area contributed by atoms with Gasteiger partial charge in [-0.05, 0) is 33.0 Å². The van der Waals surface area contributed by atoms with Crippen molar-refractivity contribution in [3.8, 4) is 5.75 Å². The van der Waals surface area contributed by atoms with Crippen molar-refractivity contribution >= 4 is 47.2 Å². The SMILES string of the molecule is COc1c(C)cnc(CNc2nc(N)nc(Cl)c2/C(C=O)=C/c2cc(C(=O)NCCN3CCN(C)CC3)c[nH]2)c1C. The summed E-state index contributed by atoms with van der Waals surface area (Å²) < 4.78 is 5.50. The molecule has 1 amide bonds. The van der Waals surface area contributed by atoms with E-state index in [0.717, 1.165) is 55.3 Å². The molecule has 0 radical (unpaired) electrons. The molecule has 1 saturated heterocycles. The number of aromatic amines is 1. The second kappa shape index (κ2) is 13.6. The molecule has 0 unspecified atom stereocenters. The Morgan fingerprint density at radius 1 is 1.24 bits per heavy atom. The monoisotopic (exact) mass is 581 g/mol. The first-order chi connectivity index (χ1) is 19.7. The van der Waals surface area contributed by atoms with Gasteiger partial charge in [-0.2, -0.15) is 4.98 Å². The summed E-state index contributed by atoms with van der Waals surface area (Å²) in [6, 6.07) is 1.67. The molecule has 12 nitrogen and oxygen atoms in total. The van der Waals surface area contributed by atoms with E-state index in [1.54, 1.807) is 31.6 Å². The lowest BCUT2D eigenvalue weighted by Crippen LogP contribution is -2.46. The largest absolute Gasteiger partial charge is 0.496 e. The number of carbonyl (C=O) groups is 2. The number of pyridine rings is 1. The van der Waals surface area contributed by atoms with Crippen LogP contribution in [0.5, 0.6) is 5.75 Å². The number of rotatable bonds is 11. The molecule has 3 aromatic rings. The fourth-order valence-electron chi connectivity index (χ4n) is 4.71. The van der Waals surface area contributed by atoms with Crippen LogP contribution in [0.1, 0.15) is 38.4 Å². The number of piperazine rings is 1. The number of nitrogens with zero attached hydrogens (tertiary/aromatic N) is 5. The number of likely N-dealkylation sites (N-methyl/N-ethyl adjacent to an activating group) is 1. The lowest BCUT2D eigenvalue weighted by molar-refractivity contribution is -0.103. The average molecular weight is 582 g/mol. The normalized spacial score (nSPS) is 14.6. The number of halogens is 1. The van der Waals surface area contributed by atoms with Crippen molar-refractivity contribution in [1.29, 1.82) is 0 Å². The molecule has 0 spiro atoms. The highest BCUT2D eigenvalue weighted by atomic mass is 35.5. The highest BCUT2D eigenvalue weighted by Gasteiger charge is 2.19. The summed E-state index contributed by atoms with van der Waals surface area (Å²) >= 11 is 6.45. The number of aromatic nitrogens is 4. The standard InChI is InChI=1S/C28H36ClN9O3/c1-17-13-33-22(18(2)24(17)41-4)15-34-26-23(25(29)35-28(30)36-26)20(16-39)12-21-11-19(14-32-21)27(40)31-5-6-38-9-7-37(3)8-10-38/h11-14,16,32H,5-10,15H2,1-4H3,(H,31,40)(H3,30,34,35,36)/b20-12+. The first-order valence-corrected chi connectivity index (χ1v) is 13.7. The molecule has 3 aromatic heterocycles. The Labute approximate surface area is 244 Å². The van der Waals surface area contributed by atoms with E-state index in [1.165, 1.54) is 0 Å². The van der Waals surface area contributed by atoms with Gasteiger partial charge in [0.15, 0.2) is 6.29 Å². The molecule has 1 aliphatic heterocycles. The van der Waals surface area contributed by atoms with Gasteiger partial charge in [-0.25, -0.2) is 4.98 Å². The van der Waals surface area contributed by atoms with Crippen LogP contribution < -0.4 is 21.1 Å². The van der Waals surface area contributed by atoms with E-state index < -0.39 is 0 Å². The molecule has 4 heterocycles. The molecule has 218 valence electrons. The highest BCUT2D eigenvalue weighted by Crippen LogP contribution is 2.31. The fourth-order valence-corrected chi connectivity index (χ4v) is 5.00. The molecular formula is C28H36ClN9O3. The molecule has 5 N–H and O–H groups in total. The molecule has 1 fully saturated rings. The summed E-state index contributed by atoms with van der Waals surface area (Å²) in [7, 11) is 3.72. The van der Waals surface area contributed by atoms with Crippen LogP contribution in [-0.2, 0) is 11.3 Å². The summed E-state index contributed by atoms with van der Waals surface area (Å²) in [4.78, 5) is 45.4. The number of aldehydes is 1. The molecule has 0 bridgehead atoms. The third-order valence-corrected chi connectivity index (χ3v) is 7.33. The minimum absolute atomic E-state index is 0.0120. The molecule has 0 aliphatic carbocycles. The van der Waals surface area contributed by atoms with Gasteiger partial charge in [0.25, 0.3) is 5.91 Å². The van der Waals surface area contributed by atoms with E-state index in [4.69, 9.17) is 22.1 Å². The summed E-state index contributed by atoms with van der Waals surface area (Å²) in [6.45, 7) is 9.48. The third-order valence-electron chi connectivity index (χ3n) is 7.06. The highest BCUT2D eigenvalue weighted by molar-refractivity contribution is 6.34. The van der Waals surface area contributed by atoms with Crippen molar-refractivity contribution in [2.45, 2.75) is 20.4 Å². The number of nitrogens with two attached hydrogens (primary N) is 1. The van der Waals surface area contributed by atoms with Crippen molar-refractivity contribution in [3.05, 3.63) is 57.3 Å². The molecule has 0 atom stereocenters. The number of ether oxygens (including phenoxy) is 1. The first kappa shape index (κ1) is 30.0. The first-order valence-electron chi connectivity index (χ1n) is 13.3. The third kappa shape index (κ3) is 7.40. The number of nitrogen functional groups attached to an aromatic ring is 1. The number of methoxy groups -OCH3 is 1. The summed E-state index contributed by atoms with van der Waals surface area (Å²) in [5.41, 5.74) is 9.87. The van der Waals surface area contributed by atoms with Crippen LogP contribution in [0.15, 0.2) is 18.5 Å². The Balaban J connectivity index is 1.49. The smallest absolute Gasteiger partial charge is 0.252 e. The molecule has 41 heavy (non-hydrogen) atoms. The fraction of sp³-hybridized carbons (Fsp3) is 0.393. The number of H-pyrrole nitrogens is 1. The molecule has 13 heteroatoms. The van der Waals surface area contributed by atoms with Gasteiger partial charge in [0.05, 0.1) is 30.5 Å². The van der Waals surface area contributed by atoms with Gasteiger partial charge < -0.3 is 31.0 Å². The van der Waals surface area contributed by atoms with Crippen molar-refractivity contribution in [2.24, 2.45) is 0 Å². The van der Waals surface area contributed by atoms with E-state index in [-0.39, 0.29) is 40.5 Å². The Kier molecular flexibility index (Phi) is 9.92. The number of anilines is 2. The predicted octanol–water partition coefficient (Wildman–Crippen LogP) is 2.39. The number of allylic oxidation sites excluding steroid dienone is 1. The topological polar surface area (TPSA) is 154 Å². The van der Waals surface area contributed by atoms with Gasteiger partial charge in [-0.1, -0.05) is 11.6 Å². The maximum absolute atomic E-state index is 12.7. The summed E-state index contributed by atoms with van der Waals surface area (Å²) in [6.07, 6.45) is 5.56. The molecular weight excluding hydrogens is 546 g/mol. The number of hydrogen-bond donors (Lipinski definition) is 4. The van der Waals surface area contributed by atoms with Crippen LogP contribution in [0.3, 0.4) is 0 Å². The van der Waals surface area contributed by atoms with Gasteiger partial charge in [0.1, 0.15) is 16.7 Å². The van der Waals surface area contributed by atoms with Crippen LogP contribution in [0.4, 0.5) is 11.8 Å². The Bertz CT molecular complexity index is 1430. The zero-order valence-corrected chi connectivity index (χ0v) is 24.5. The predicted molar refractivity (Wildman–Crippen MR) is 160 cm³/mol. The molecule has 0 aromatic carbocycles. The number of nitrogens with one attached hydrogen (secondary N) is 3. The van der Waals surface area contributed by atoms with Crippen molar-refractivity contribution in [2.75, 3.05) is 64.5 Å². The van der Waals surface area contributed by atoms with Gasteiger partial charge in [0.2, 0.25) is 5.95 Å². The van der Waals surface area contributed by atoms with E-state index in [2.05, 4.69) is 47.4 Å². The lowest BCUT2D eigenvalue weighted by atomic mass is 10.1. The van der Waals surface area contributed by atoms with E-state index in [9.17, 15) is 9.59 Å². The zero-order valence-electron chi connectivity index (χ0n) is 23.8. The number of aryl methyl sites for hydroxylation is 1. The lowest BCUT2D eigenvalue weighted by Gasteiger charge is -2.32. The summed E-state index contributed by atoms with van der Waals surface area (Å²) in [5.74, 6) is 0.773. The van der Waals surface area contributed by atoms with Crippen molar-refractivity contribution < 1.29 is 14.3 Å². The quantitative estimate of drug-likeness (QED) is 0.151. The number of amides is 1. The van der Waals surface area contributed by atoms with Crippen LogP contribution in [0.25, 0.3) is 11.6 Å². The molecule has 4 rings (SSSR count). The number of hydrogen-bond acceptors (Lipinski definition) is 10. The second-order valence-corrected chi connectivity index (χ2v) is 10.3. The van der Waals surface area contributed by atoms with Crippen molar-refractivity contribution in [3.63, 3.8) is 0 Å². The molecule has 1 aliphatic rings. The van der Waals surface area contributed by atoms with Crippen LogP contribution >= 0.6 is 11.6 Å². The zero-order chi connectivity index (χ0) is 29.5. The maximum atomic E-state index is 12.7. The van der Waals surface area contributed by atoms with Crippen LogP contribution in [0, 0.1) is 13.8 Å². The molecule has 0 saturated carbocycles. The Morgan fingerprint density at radius 2 is 2.00 bits per heavy atom. The minimum atomic E-state index is -0.199. The summed E-state index contributed by atoms with van der Waals surface area (Å²) in [5, 5.41) is 6.16. The van der Waals surface area contributed by atoms with Gasteiger partial charge in [0, 0.05) is 74.1 Å². The van der Waals surface area contributed by atoms with Crippen LogP contribution in [0.2, 0.25) is 5.15 Å². The van der Waals surface area contributed by atoms with Gasteiger partial charge >= 0.3 is 0 Å². The Hall–Kier alpha value is -4.00. The van der Waals surface area contributed by atoms with E-state index >= 15 is 0 Å². The number of carbonyl (C=O) groups excluding carboxylic acids is 2.